The van der Waals surface area contributed by atoms with Gasteiger partial charge in [-0.05, 0) is 58.4 Å². The number of hydrogen-bond donors (Lipinski definition) is 1. The van der Waals surface area contributed by atoms with Gasteiger partial charge in [0.15, 0.2) is 0 Å². The van der Waals surface area contributed by atoms with Gasteiger partial charge in [0.2, 0.25) is 0 Å². The number of rotatable bonds is 9. The van der Waals surface area contributed by atoms with Gasteiger partial charge in [0.1, 0.15) is 5.75 Å². The Balaban J connectivity index is 3.09. The Morgan fingerprint density at radius 3 is 2.43 bits per heavy atom. The molecule has 0 radical (unpaired) electrons. The van der Waals surface area contributed by atoms with E-state index in [2.05, 4.69) is 51.2 Å². The summed E-state index contributed by atoms with van der Waals surface area (Å²) in [6, 6.07) is 8.49. The third kappa shape index (κ3) is 5.01. The first kappa shape index (κ1) is 18.0. The number of likely N-dealkylation sites (N-methyl/N-ethyl adjacent to an activating group) is 1. The number of hydrogen-bond acceptors (Lipinski definition) is 3. The number of benzene rings is 1. The summed E-state index contributed by atoms with van der Waals surface area (Å²) in [5.41, 5.74) is 0.995. The lowest BCUT2D eigenvalue weighted by Crippen LogP contribution is -2.43. The molecule has 0 aliphatic heterocycles. The minimum Gasteiger partial charge on any atom is -0.491 e. The zero-order valence-electron chi connectivity index (χ0n) is 14.4. The van der Waals surface area contributed by atoms with Crippen LogP contribution in [0.25, 0.3) is 0 Å². The first-order valence-electron chi connectivity index (χ1n) is 8.10. The van der Waals surface area contributed by atoms with Crippen LogP contribution < -0.4 is 10.1 Å². The first-order valence-corrected chi connectivity index (χ1v) is 8.10. The molecular formula is C18H31NO2. The van der Waals surface area contributed by atoms with E-state index >= 15 is 0 Å². The summed E-state index contributed by atoms with van der Waals surface area (Å²) in [7, 11) is 0. The molecular weight excluding hydrogens is 262 g/mol. The van der Waals surface area contributed by atoms with Crippen LogP contribution in [0.2, 0.25) is 0 Å². The van der Waals surface area contributed by atoms with Crippen LogP contribution in [0.4, 0.5) is 0 Å². The van der Waals surface area contributed by atoms with Crippen molar-refractivity contribution in [2.24, 2.45) is 0 Å². The van der Waals surface area contributed by atoms with Crippen LogP contribution in [0.15, 0.2) is 24.3 Å². The van der Waals surface area contributed by atoms with Crippen molar-refractivity contribution in [1.82, 2.24) is 5.32 Å². The Morgan fingerprint density at radius 1 is 1.19 bits per heavy atom. The topological polar surface area (TPSA) is 30.5 Å². The van der Waals surface area contributed by atoms with Crippen molar-refractivity contribution in [3.8, 4) is 5.75 Å². The maximum atomic E-state index is 6.07. The van der Waals surface area contributed by atoms with Crippen molar-refractivity contribution < 1.29 is 9.47 Å². The molecule has 1 N–H and O–H groups in total. The lowest BCUT2D eigenvalue weighted by Gasteiger charge is -2.37. The molecule has 0 saturated heterocycles. The van der Waals surface area contributed by atoms with Crippen LogP contribution in [0.5, 0.6) is 5.75 Å². The van der Waals surface area contributed by atoms with Gasteiger partial charge in [-0.15, -0.1) is 0 Å². The molecule has 2 unspecified atom stereocenters. The fourth-order valence-corrected chi connectivity index (χ4v) is 2.65. The third-order valence-electron chi connectivity index (χ3n) is 3.76. The number of ether oxygens (including phenoxy) is 2. The molecule has 2 atom stereocenters. The van der Waals surface area contributed by atoms with Gasteiger partial charge < -0.3 is 14.8 Å². The second kappa shape index (κ2) is 8.40. The summed E-state index contributed by atoms with van der Waals surface area (Å²) >= 11 is 0. The average Bonchev–Trinajstić information content (AvgIpc) is 2.44. The third-order valence-corrected chi connectivity index (χ3v) is 3.76. The Hall–Kier alpha value is -1.06. The smallest absolute Gasteiger partial charge is 0.120 e. The summed E-state index contributed by atoms with van der Waals surface area (Å²) in [5.74, 6) is 0.917. The molecule has 120 valence electrons. The van der Waals surface area contributed by atoms with Crippen LogP contribution in [0.1, 0.15) is 59.6 Å². The highest BCUT2D eigenvalue weighted by Crippen LogP contribution is 2.33. The van der Waals surface area contributed by atoms with E-state index in [0.717, 1.165) is 18.7 Å². The van der Waals surface area contributed by atoms with Crippen molar-refractivity contribution in [1.29, 1.82) is 0 Å². The van der Waals surface area contributed by atoms with E-state index < -0.39 is 0 Å². The van der Waals surface area contributed by atoms with Crippen LogP contribution in [-0.4, -0.2) is 24.9 Å². The van der Waals surface area contributed by atoms with Crippen molar-refractivity contribution in [3.05, 3.63) is 29.8 Å². The molecule has 1 aromatic carbocycles. The minimum absolute atomic E-state index is 0.156. The lowest BCUT2D eigenvalue weighted by molar-refractivity contribution is -0.0560. The maximum Gasteiger partial charge on any atom is 0.120 e. The molecule has 0 aromatic heterocycles. The maximum absolute atomic E-state index is 6.07. The quantitative estimate of drug-likeness (QED) is 0.735. The van der Waals surface area contributed by atoms with Gasteiger partial charge in [-0.25, -0.2) is 0 Å². The molecule has 1 aromatic rings. The monoisotopic (exact) mass is 293 g/mol. The first-order chi connectivity index (χ1) is 9.96. The SMILES string of the molecule is CCNC(c1cccc(OC(C)C)c1)C(C)(CC)OCC. The molecule has 0 aliphatic rings. The Labute approximate surface area is 130 Å². The van der Waals surface area contributed by atoms with E-state index in [1.807, 2.05) is 19.9 Å². The second-order valence-electron chi connectivity index (χ2n) is 5.83. The van der Waals surface area contributed by atoms with Crippen LogP contribution in [0, 0.1) is 0 Å². The summed E-state index contributed by atoms with van der Waals surface area (Å²) < 4.78 is 11.9. The highest BCUT2D eigenvalue weighted by atomic mass is 16.5. The van der Waals surface area contributed by atoms with Gasteiger partial charge in [0, 0.05) is 6.61 Å². The molecule has 0 saturated carbocycles. The summed E-state index contributed by atoms with van der Waals surface area (Å²) in [5, 5.41) is 3.58. The van der Waals surface area contributed by atoms with Gasteiger partial charge >= 0.3 is 0 Å². The molecule has 3 nitrogen and oxygen atoms in total. The molecule has 0 bridgehead atoms. The van der Waals surface area contributed by atoms with E-state index in [-0.39, 0.29) is 17.7 Å². The highest BCUT2D eigenvalue weighted by molar-refractivity contribution is 5.32. The van der Waals surface area contributed by atoms with Crippen molar-refractivity contribution in [2.75, 3.05) is 13.2 Å². The molecule has 1 rings (SSSR count). The highest BCUT2D eigenvalue weighted by Gasteiger charge is 2.34. The molecule has 0 aliphatic carbocycles. The predicted molar refractivity (Wildman–Crippen MR) is 88.9 cm³/mol. The lowest BCUT2D eigenvalue weighted by atomic mass is 9.87. The average molecular weight is 293 g/mol. The fourth-order valence-electron chi connectivity index (χ4n) is 2.65. The number of nitrogens with one attached hydrogen (secondary N) is 1. The largest absolute Gasteiger partial charge is 0.491 e. The van der Waals surface area contributed by atoms with Gasteiger partial charge in [0.25, 0.3) is 0 Å². The van der Waals surface area contributed by atoms with Gasteiger partial charge in [0.05, 0.1) is 17.7 Å². The Kier molecular flexibility index (Phi) is 7.20. The van der Waals surface area contributed by atoms with Gasteiger partial charge in [-0.2, -0.15) is 0 Å². The Morgan fingerprint density at radius 2 is 1.90 bits per heavy atom. The normalized spacial score (nSPS) is 15.8. The molecule has 0 spiro atoms. The van der Waals surface area contributed by atoms with Crippen LogP contribution in [-0.2, 0) is 4.74 Å². The van der Waals surface area contributed by atoms with Crippen LogP contribution in [0.3, 0.4) is 0 Å². The molecule has 0 heterocycles. The predicted octanol–water partition coefficient (Wildman–Crippen LogP) is 4.33. The van der Waals surface area contributed by atoms with E-state index in [1.54, 1.807) is 0 Å². The van der Waals surface area contributed by atoms with E-state index in [9.17, 15) is 0 Å². The summed E-state index contributed by atoms with van der Waals surface area (Å²) in [6.07, 6.45) is 1.13. The Bertz CT molecular complexity index is 419. The summed E-state index contributed by atoms with van der Waals surface area (Å²) in [6.45, 7) is 14.2. The molecule has 21 heavy (non-hydrogen) atoms. The zero-order valence-corrected chi connectivity index (χ0v) is 14.4. The molecule has 0 amide bonds. The van der Waals surface area contributed by atoms with E-state index in [0.29, 0.717) is 6.61 Å². The van der Waals surface area contributed by atoms with Crippen molar-refractivity contribution in [2.45, 2.75) is 65.7 Å². The van der Waals surface area contributed by atoms with E-state index in [4.69, 9.17) is 9.47 Å². The molecule has 0 fully saturated rings. The molecule has 3 heteroatoms. The standard InChI is InChI=1S/C18H31NO2/c1-7-18(6,20-9-3)17(19-8-2)15-11-10-12-16(13-15)21-14(4)5/h10-14,17,19H,7-9H2,1-6H3. The van der Waals surface area contributed by atoms with Gasteiger partial charge in [-0.1, -0.05) is 26.0 Å². The second-order valence-corrected chi connectivity index (χ2v) is 5.83. The van der Waals surface area contributed by atoms with Crippen molar-refractivity contribution in [3.63, 3.8) is 0 Å². The van der Waals surface area contributed by atoms with Crippen LogP contribution >= 0.6 is 0 Å². The fraction of sp³-hybridized carbons (Fsp3) is 0.667. The van der Waals surface area contributed by atoms with E-state index in [1.165, 1.54) is 5.56 Å². The van der Waals surface area contributed by atoms with Gasteiger partial charge in [-0.3, -0.25) is 0 Å². The minimum atomic E-state index is -0.221. The zero-order chi connectivity index (χ0) is 15.9. The summed E-state index contributed by atoms with van der Waals surface area (Å²) in [4.78, 5) is 0. The van der Waals surface area contributed by atoms with Crippen molar-refractivity contribution >= 4 is 0 Å².